The van der Waals surface area contributed by atoms with Gasteiger partial charge in [-0.3, -0.25) is 4.79 Å². The summed E-state index contributed by atoms with van der Waals surface area (Å²) in [5, 5.41) is 0. The van der Waals surface area contributed by atoms with Crippen LogP contribution in [-0.4, -0.2) is 25.8 Å². The van der Waals surface area contributed by atoms with E-state index in [0.717, 1.165) is 57.0 Å². The minimum Gasteiger partial charge on any atom is -0.353 e. The largest absolute Gasteiger partial charge is 0.353 e. The van der Waals surface area contributed by atoms with E-state index in [2.05, 4.69) is 39.0 Å². The van der Waals surface area contributed by atoms with Gasteiger partial charge in [-0.2, -0.15) is 0 Å². The molecule has 0 aromatic carbocycles. The molecule has 1 unspecified atom stereocenters. The summed E-state index contributed by atoms with van der Waals surface area (Å²) in [5.74, 6) is 0. The van der Waals surface area contributed by atoms with E-state index < -0.39 is 0 Å². The third-order valence-electron chi connectivity index (χ3n) is 3.93. The minimum absolute atomic E-state index is 0.0237. The number of hydrogen-bond donors (Lipinski definition) is 0. The molecule has 1 rings (SSSR count). The van der Waals surface area contributed by atoms with Crippen LogP contribution in [0.15, 0.2) is 34.9 Å². The Hall–Kier alpha value is -1.19. The van der Waals surface area contributed by atoms with Crippen LogP contribution in [0.2, 0.25) is 0 Å². The smallest absolute Gasteiger partial charge is 0.157 e. The van der Waals surface area contributed by atoms with Crippen molar-refractivity contribution in [3.63, 3.8) is 0 Å². The average molecular weight is 320 g/mol. The summed E-state index contributed by atoms with van der Waals surface area (Å²) in [6.45, 7) is 7.71. The highest BCUT2D eigenvalue weighted by atomic mass is 16.7. The molecule has 0 bridgehead atoms. The van der Waals surface area contributed by atoms with Gasteiger partial charge in [-0.25, -0.2) is 0 Å². The molecular formula is C20H32O3. The molecule has 0 radical (unpaired) electrons. The van der Waals surface area contributed by atoms with Crippen LogP contribution < -0.4 is 0 Å². The molecule has 0 aromatic rings. The maximum atomic E-state index is 11.1. The third kappa shape index (κ3) is 10.2. The maximum absolute atomic E-state index is 11.1. The summed E-state index contributed by atoms with van der Waals surface area (Å²) in [6, 6.07) is 0. The predicted molar refractivity (Wildman–Crippen MR) is 95.3 cm³/mol. The lowest BCUT2D eigenvalue weighted by atomic mass is 10.1. The lowest BCUT2D eigenvalue weighted by Crippen LogP contribution is -2.22. The number of carbonyl (C=O) groups excluding carboxylic acids is 1. The van der Waals surface area contributed by atoms with Crippen molar-refractivity contribution in [2.24, 2.45) is 0 Å². The molecule has 23 heavy (non-hydrogen) atoms. The van der Waals surface area contributed by atoms with Gasteiger partial charge in [0.1, 0.15) is 6.29 Å². The number of aldehydes is 1. The Balaban J connectivity index is 2.22. The number of hydrogen-bond acceptors (Lipinski definition) is 3. The SMILES string of the molecule is CC(C)=CCCC(C=O)=CCCC(C)=CCOC1CCCCO1. The van der Waals surface area contributed by atoms with Crippen molar-refractivity contribution in [2.45, 2.75) is 72.0 Å². The van der Waals surface area contributed by atoms with Crippen LogP contribution in [0.5, 0.6) is 0 Å². The highest BCUT2D eigenvalue weighted by molar-refractivity contribution is 5.73. The van der Waals surface area contributed by atoms with Crippen molar-refractivity contribution in [1.29, 1.82) is 0 Å². The normalized spacial score (nSPS) is 19.5. The van der Waals surface area contributed by atoms with E-state index in [-0.39, 0.29) is 6.29 Å². The van der Waals surface area contributed by atoms with E-state index in [1.807, 2.05) is 0 Å². The van der Waals surface area contributed by atoms with E-state index in [1.54, 1.807) is 0 Å². The predicted octanol–water partition coefficient (Wildman–Crippen LogP) is 5.13. The van der Waals surface area contributed by atoms with E-state index in [9.17, 15) is 4.79 Å². The molecule has 1 aliphatic rings. The van der Waals surface area contributed by atoms with Crippen molar-refractivity contribution in [2.75, 3.05) is 13.2 Å². The molecule has 0 N–H and O–H groups in total. The quantitative estimate of drug-likeness (QED) is 0.318. The van der Waals surface area contributed by atoms with Gasteiger partial charge in [0.25, 0.3) is 0 Å². The van der Waals surface area contributed by atoms with E-state index in [4.69, 9.17) is 9.47 Å². The van der Waals surface area contributed by atoms with Gasteiger partial charge >= 0.3 is 0 Å². The monoisotopic (exact) mass is 320 g/mol. The van der Waals surface area contributed by atoms with Crippen molar-refractivity contribution in [1.82, 2.24) is 0 Å². The molecule has 3 nitrogen and oxygen atoms in total. The molecule has 1 heterocycles. The van der Waals surface area contributed by atoms with Crippen molar-refractivity contribution in [3.05, 3.63) is 34.9 Å². The first-order valence-electron chi connectivity index (χ1n) is 8.78. The Morgan fingerprint density at radius 1 is 1.09 bits per heavy atom. The van der Waals surface area contributed by atoms with Crippen LogP contribution in [0.3, 0.4) is 0 Å². The topological polar surface area (TPSA) is 35.5 Å². The average Bonchev–Trinajstić information content (AvgIpc) is 2.54. The fourth-order valence-corrected chi connectivity index (χ4v) is 2.46. The Morgan fingerprint density at radius 2 is 1.87 bits per heavy atom. The van der Waals surface area contributed by atoms with Crippen LogP contribution in [-0.2, 0) is 14.3 Å². The van der Waals surface area contributed by atoms with Crippen molar-refractivity contribution in [3.8, 4) is 0 Å². The number of rotatable bonds is 10. The van der Waals surface area contributed by atoms with Crippen molar-refractivity contribution >= 4 is 6.29 Å². The molecule has 0 saturated carbocycles. The first kappa shape index (κ1) is 19.9. The van der Waals surface area contributed by atoms with Crippen LogP contribution in [0, 0.1) is 0 Å². The molecule has 0 amide bonds. The fraction of sp³-hybridized carbons (Fsp3) is 0.650. The Morgan fingerprint density at radius 3 is 2.52 bits per heavy atom. The summed E-state index contributed by atoms with van der Waals surface area (Å²) in [7, 11) is 0. The molecule has 0 spiro atoms. The summed E-state index contributed by atoms with van der Waals surface area (Å²) >= 11 is 0. The first-order valence-corrected chi connectivity index (χ1v) is 8.78. The Labute approximate surface area is 141 Å². The van der Waals surface area contributed by atoms with Gasteiger partial charge in [0, 0.05) is 6.61 Å². The third-order valence-corrected chi connectivity index (χ3v) is 3.93. The van der Waals surface area contributed by atoms with Gasteiger partial charge in [0.15, 0.2) is 6.29 Å². The minimum atomic E-state index is -0.0237. The molecule has 1 aliphatic heterocycles. The van der Waals surface area contributed by atoms with E-state index >= 15 is 0 Å². The molecule has 1 saturated heterocycles. The van der Waals surface area contributed by atoms with Gasteiger partial charge in [0.2, 0.25) is 0 Å². The van der Waals surface area contributed by atoms with E-state index in [0.29, 0.717) is 6.61 Å². The van der Waals surface area contributed by atoms with Gasteiger partial charge in [-0.15, -0.1) is 0 Å². The molecule has 130 valence electrons. The van der Waals surface area contributed by atoms with Crippen LogP contribution >= 0.6 is 0 Å². The lowest BCUT2D eigenvalue weighted by molar-refractivity contribution is -0.155. The lowest BCUT2D eigenvalue weighted by Gasteiger charge is -2.22. The highest BCUT2D eigenvalue weighted by Gasteiger charge is 2.12. The summed E-state index contributed by atoms with van der Waals surface area (Å²) in [6.07, 6.45) is 14.3. The van der Waals surface area contributed by atoms with Gasteiger partial charge in [-0.05, 0) is 71.3 Å². The van der Waals surface area contributed by atoms with Crippen LogP contribution in [0.1, 0.15) is 65.7 Å². The summed E-state index contributed by atoms with van der Waals surface area (Å²) in [5.41, 5.74) is 3.50. The summed E-state index contributed by atoms with van der Waals surface area (Å²) < 4.78 is 11.2. The zero-order valence-corrected chi connectivity index (χ0v) is 15.0. The highest BCUT2D eigenvalue weighted by Crippen LogP contribution is 2.14. The second-order valence-corrected chi connectivity index (χ2v) is 6.44. The fourth-order valence-electron chi connectivity index (χ4n) is 2.46. The molecular weight excluding hydrogens is 288 g/mol. The second kappa shape index (κ2) is 12.3. The molecule has 0 aromatic heterocycles. The maximum Gasteiger partial charge on any atom is 0.157 e. The molecule has 0 aliphatic carbocycles. The van der Waals surface area contributed by atoms with Gasteiger partial charge in [0.05, 0.1) is 6.61 Å². The van der Waals surface area contributed by atoms with Crippen LogP contribution in [0.4, 0.5) is 0 Å². The van der Waals surface area contributed by atoms with Crippen molar-refractivity contribution < 1.29 is 14.3 Å². The zero-order chi connectivity index (χ0) is 16.9. The second-order valence-electron chi connectivity index (χ2n) is 6.44. The standard InChI is InChI=1S/C20H32O3/c1-17(2)8-6-10-19(16-21)11-7-9-18(3)13-15-23-20-12-4-5-14-22-20/h8,11,13,16,20H,4-7,9-10,12,14-15H2,1-3H3. The zero-order valence-electron chi connectivity index (χ0n) is 15.0. The first-order chi connectivity index (χ1) is 11.1. The van der Waals surface area contributed by atoms with E-state index in [1.165, 1.54) is 17.6 Å². The van der Waals surface area contributed by atoms with Gasteiger partial charge in [-0.1, -0.05) is 29.4 Å². The number of ether oxygens (including phenoxy) is 2. The number of carbonyl (C=O) groups is 1. The molecule has 3 heteroatoms. The molecule has 1 fully saturated rings. The van der Waals surface area contributed by atoms with Crippen LogP contribution in [0.25, 0.3) is 0 Å². The summed E-state index contributed by atoms with van der Waals surface area (Å²) in [4.78, 5) is 11.1. The number of allylic oxidation sites excluding steroid dienone is 5. The molecule has 1 atom stereocenters. The Bertz CT molecular complexity index is 422. The van der Waals surface area contributed by atoms with Gasteiger partial charge < -0.3 is 9.47 Å². The Kier molecular flexibility index (Phi) is 10.6.